The molecule has 0 bridgehead atoms. The summed E-state index contributed by atoms with van der Waals surface area (Å²) in [4.78, 5) is 0. The zero-order valence-electron chi connectivity index (χ0n) is 11.9. The first kappa shape index (κ1) is 15.7. The Morgan fingerprint density at radius 1 is 1.38 bits per heavy atom. The van der Waals surface area contributed by atoms with E-state index < -0.39 is 10.0 Å². The highest BCUT2D eigenvalue weighted by Crippen LogP contribution is 2.13. The SMILES string of the molecule is CCNCc1ccc(S(=O)(=O)NCCCn2cccn2)o1. The molecular formula is C13H20N4O3S. The van der Waals surface area contributed by atoms with Gasteiger partial charge in [-0.2, -0.15) is 5.10 Å². The highest BCUT2D eigenvalue weighted by molar-refractivity contribution is 7.89. The minimum Gasteiger partial charge on any atom is -0.447 e. The van der Waals surface area contributed by atoms with Gasteiger partial charge >= 0.3 is 0 Å². The molecule has 0 radical (unpaired) electrons. The second kappa shape index (κ2) is 7.39. The monoisotopic (exact) mass is 312 g/mol. The van der Waals surface area contributed by atoms with Crippen molar-refractivity contribution >= 4 is 10.0 Å². The minimum absolute atomic E-state index is 0.0468. The fraction of sp³-hybridized carbons (Fsp3) is 0.462. The molecule has 0 aliphatic rings. The largest absolute Gasteiger partial charge is 0.447 e. The molecule has 0 atom stereocenters. The number of hydrogen-bond donors (Lipinski definition) is 2. The molecule has 7 nitrogen and oxygen atoms in total. The molecule has 116 valence electrons. The van der Waals surface area contributed by atoms with Crippen LogP contribution in [0.3, 0.4) is 0 Å². The molecule has 2 rings (SSSR count). The third kappa shape index (κ3) is 4.69. The van der Waals surface area contributed by atoms with Crippen molar-refractivity contribution in [1.29, 1.82) is 0 Å². The van der Waals surface area contributed by atoms with Gasteiger partial charge in [0.2, 0.25) is 5.09 Å². The summed E-state index contributed by atoms with van der Waals surface area (Å²) in [7, 11) is -3.58. The highest BCUT2D eigenvalue weighted by Gasteiger charge is 2.17. The molecule has 8 heteroatoms. The van der Waals surface area contributed by atoms with Gasteiger partial charge in [-0.15, -0.1) is 0 Å². The molecule has 0 saturated carbocycles. The van der Waals surface area contributed by atoms with Gasteiger partial charge in [0.1, 0.15) is 5.76 Å². The molecule has 0 amide bonds. The smallest absolute Gasteiger partial charge is 0.273 e. The lowest BCUT2D eigenvalue weighted by Gasteiger charge is -2.04. The second-order valence-electron chi connectivity index (χ2n) is 4.52. The number of furan rings is 1. The zero-order chi connectivity index (χ0) is 15.1. The molecule has 0 aliphatic heterocycles. The van der Waals surface area contributed by atoms with Crippen LogP contribution in [0.1, 0.15) is 19.1 Å². The lowest BCUT2D eigenvalue weighted by molar-refractivity contribution is 0.401. The van der Waals surface area contributed by atoms with Gasteiger partial charge < -0.3 is 9.73 Å². The lowest BCUT2D eigenvalue weighted by Crippen LogP contribution is -2.25. The first-order chi connectivity index (χ1) is 10.1. The molecule has 0 saturated heterocycles. The van der Waals surface area contributed by atoms with Crippen LogP contribution in [0, 0.1) is 0 Å². The predicted molar refractivity (Wildman–Crippen MR) is 78.1 cm³/mol. The van der Waals surface area contributed by atoms with E-state index in [0.717, 1.165) is 6.54 Å². The van der Waals surface area contributed by atoms with Crippen molar-refractivity contribution in [3.05, 3.63) is 36.4 Å². The van der Waals surface area contributed by atoms with Crippen molar-refractivity contribution < 1.29 is 12.8 Å². The molecule has 0 spiro atoms. The molecule has 0 aromatic carbocycles. The summed E-state index contributed by atoms with van der Waals surface area (Å²) >= 11 is 0. The summed E-state index contributed by atoms with van der Waals surface area (Å²) < 4.78 is 33.7. The van der Waals surface area contributed by atoms with Crippen molar-refractivity contribution in [3.63, 3.8) is 0 Å². The summed E-state index contributed by atoms with van der Waals surface area (Å²) in [5.74, 6) is 0.605. The minimum atomic E-state index is -3.58. The van der Waals surface area contributed by atoms with Gasteiger partial charge in [-0.25, -0.2) is 13.1 Å². The van der Waals surface area contributed by atoms with Crippen LogP contribution in [-0.4, -0.2) is 31.3 Å². The molecular weight excluding hydrogens is 292 g/mol. The van der Waals surface area contributed by atoms with Crippen LogP contribution in [0.2, 0.25) is 0 Å². The second-order valence-corrected chi connectivity index (χ2v) is 6.22. The van der Waals surface area contributed by atoms with Crippen LogP contribution in [0.25, 0.3) is 0 Å². The third-order valence-corrected chi connectivity index (χ3v) is 4.20. The Hall–Kier alpha value is -1.64. The van der Waals surface area contributed by atoms with Gasteiger partial charge in [0.05, 0.1) is 6.54 Å². The topological polar surface area (TPSA) is 89.2 Å². The van der Waals surface area contributed by atoms with Crippen molar-refractivity contribution in [2.24, 2.45) is 0 Å². The molecule has 2 aromatic heterocycles. The molecule has 2 N–H and O–H groups in total. The number of nitrogens with one attached hydrogen (secondary N) is 2. The van der Waals surface area contributed by atoms with E-state index in [0.29, 0.717) is 31.8 Å². The number of rotatable bonds is 9. The van der Waals surface area contributed by atoms with E-state index in [2.05, 4.69) is 15.1 Å². The van der Waals surface area contributed by atoms with E-state index >= 15 is 0 Å². The maximum atomic E-state index is 12.0. The summed E-state index contributed by atoms with van der Waals surface area (Å²) in [5.41, 5.74) is 0. The van der Waals surface area contributed by atoms with E-state index in [4.69, 9.17) is 4.42 Å². The first-order valence-electron chi connectivity index (χ1n) is 6.88. The molecule has 2 aromatic rings. The molecule has 2 heterocycles. The number of sulfonamides is 1. The third-order valence-electron chi connectivity index (χ3n) is 2.87. The van der Waals surface area contributed by atoms with Gasteiger partial charge in [-0.1, -0.05) is 6.92 Å². The maximum Gasteiger partial charge on any atom is 0.273 e. The predicted octanol–water partition coefficient (Wildman–Crippen LogP) is 0.954. The molecule has 0 unspecified atom stereocenters. The Bertz CT molecular complexity index is 634. The number of aromatic nitrogens is 2. The summed E-state index contributed by atoms with van der Waals surface area (Å²) in [6.45, 7) is 4.30. The molecule has 21 heavy (non-hydrogen) atoms. The Labute approximate surface area is 124 Å². The Morgan fingerprint density at radius 3 is 2.95 bits per heavy atom. The first-order valence-corrected chi connectivity index (χ1v) is 8.36. The van der Waals surface area contributed by atoms with Crippen LogP contribution >= 0.6 is 0 Å². The highest BCUT2D eigenvalue weighted by atomic mass is 32.2. The van der Waals surface area contributed by atoms with Gasteiger partial charge in [-0.05, 0) is 31.2 Å². The van der Waals surface area contributed by atoms with Gasteiger partial charge in [0.25, 0.3) is 10.0 Å². The standard InChI is InChI=1S/C13H20N4O3S/c1-2-14-11-12-5-6-13(20-12)21(18,19)16-8-4-10-17-9-3-7-15-17/h3,5-7,9,14,16H,2,4,8,10-11H2,1H3. The van der Waals surface area contributed by atoms with E-state index in [1.807, 2.05) is 19.2 Å². The Morgan fingerprint density at radius 2 is 2.24 bits per heavy atom. The number of nitrogens with zero attached hydrogens (tertiary/aromatic N) is 2. The Balaban J connectivity index is 1.82. The average Bonchev–Trinajstić information content (AvgIpc) is 3.13. The summed E-state index contributed by atoms with van der Waals surface area (Å²) in [6.07, 6.45) is 4.19. The van der Waals surface area contributed by atoms with Gasteiger partial charge in [0.15, 0.2) is 0 Å². The Kier molecular flexibility index (Phi) is 5.54. The van der Waals surface area contributed by atoms with Crippen molar-refractivity contribution in [2.45, 2.75) is 31.5 Å². The average molecular weight is 312 g/mol. The molecule has 0 aliphatic carbocycles. The maximum absolute atomic E-state index is 12.0. The van der Waals surface area contributed by atoms with Gasteiger partial charge in [0, 0.05) is 25.5 Å². The van der Waals surface area contributed by atoms with Crippen molar-refractivity contribution in [2.75, 3.05) is 13.1 Å². The van der Waals surface area contributed by atoms with Crippen LogP contribution in [0.4, 0.5) is 0 Å². The fourth-order valence-electron chi connectivity index (χ4n) is 1.80. The van der Waals surface area contributed by atoms with Gasteiger partial charge in [-0.3, -0.25) is 4.68 Å². The van der Waals surface area contributed by atoms with E-state index in [1.54, 1.807) is 16.9 Å². The molecule has 0 fully saturated rings. The fourth-order valence-corrected chi connectivity index (χ4v) is 2.82. The summed E-state index contributed by atoms with van der Waals surface area (Å²) in [6, 6.07) is 4.97. The van der Waals surface area contributed by atoms with Crippen molar-refractivity contribution in [1.82, 2.24) is 19.8 Å². The quantitative estimate of drug-likeness (QED) is 0.673. The van der Waals surface area contributed by atoms with Crippen LogP contribution in [0.15, 0.2) is 40.1 Å². The van der Waals surface area contributed by atoms with E-state index in [1.165, 1.54) is 6.07 Å². The van der Waals surface area contributed by atoms with Crippen molar-refractivity contribution in [3.8, 4) is 0 Å². The summed E-state index contributed by atoms with van der Waals surface area (Å²) in [5, 5.41) is 7.09. The van der Waals surface area contributed by atoms with Crippen LogP contribution < -0.4 is 10.0 Å². The lowest BCUT2D eigenvalue weighted by atomic mass is 10.4. The van der Waals surface area contributed by atoms with E-state index in [-0.39, 0.29) is 5.09 Å². The number of hydrogen-bond acceptors (Lipinski definition) is 5. The van der Waals surface area contributed by atoms with Crippen LogP contribution in [0.5, 0.6) is 0 Å². The normalized spacial score (nSPS) is 11.9. The van der Waals surface area contributed by atoms with Crippen LogP contribution in [-0.2, 0) is 23.1 Å². The number of aryl methyl sites for hydroxylation is 1. The van der Waals surface area contributed by atoms with E-state index in [9.17, 15) is 8.42 Å². The zero-order valence-corrected chi connectivity index (χ0v) is 12.8.